The van der Waals surface area contributed by atoms with Gasteiger partial charge in [-0.2, -0.15) is 0 Å². The fraction of sp³-hybridized carbons (Fsp3) is 0. The van der Waals surface area contributed by atoms with E-state index in [-0.39, 0.29) is 10.8 Å². The average molecular weight is 479 g/mol. The SMILES string of the molecule is O=C(C=Cc1ccc(-c2ccccc2)cc1)Nc1ccc(S(=O)(=O)n2ccc3ccccc32)cc1. The van der Waals surface area contributed by atoms with Gasteiger partial charge in [0.05, 0.1) is 10.4 Å². The van der Waals surface area contributed by atoms with Gasteiger partial charge >= 0.3 is 0 Å². The molecule has 0 atom stereocenters. The predicted molar refractivity (Wildman–Crippen MR) is 141 cm³/mol. The van der Waals surface area contributed by atoms with E-state index in [2.05, 4.69) is 17.4 Å². The first kappa shape index (κ1) is 22.4. The Labute approximate surface area is 204 Å². The number of carbonyl (C=O) groups excluding carboxylic acids is 1. The van der Waals surface area contributed by atoms with E-state index in [1.165, 1.54) is 22.2 Å². The summed E-state index contributed by atoms with van der Waals surface area (Å²) < 4.78 is 27.4. The number of nitrogens with one attached hydrogen (secondary N) is 1. The van der Waals surface area contributed by atoms with Crippen molar-refractivity contribution in [3.8, 4) is 11.1 Å². The number of carbonyl (C=O) groups is 1. The van der Waals surface area contributed by atoms with Gasteiger partial charge in [0.2, 0.25) is 5.91 Å². The molecule has 6 heteroatoms. The van der Waals surface area contributed by atoms with Crippen LogP contribution in [-0.4, -0.2) is 18.3 Å². The number of benzene rings is 4. The van der Waals surface area contributed by atoms with Crippen molar-refractivity contribution >= 4 is 38.6 Å². The lowest BCUT2D eigenvalue weighted by atomic mass is 10.0. The van der Waals surface area contributed by atoms with Gasteiger partial charge in [-0.3, -0.25) is 4.79 Å². The van der Waals surface area contributed by atoms with E-state index in [4.69, 9.17) is 0 Å². The van der Waals surface area contributed by atoms with Crippen LogP contribution in [0.15, 0.2) is 126 Å². The topological polar surface area (TPSA) is 68.2 Å². The molecule has 1 aromatic heterocycles. The number of hydrogen-bond donors (Lipinski definition) is 1. The number of aromatic nitrogens is 1. The summed E-state index contributed by atoms with van der Waals surface area (Å²) in [4.78, 5) is 12.5. The third kappa shape index (κ3) is 4.78. The highest BCUT2D eigenvalue weighted by Crippen LogP contribution is 2.23. The standard InChI is InChI=1S/C29H22N2O3S/c32-29(19-12-22-10-13-24(14-11-22)23-6-2-1-3-7-23)30-26-15-17-27(18-16-26)35(33,34)31-21-20-25-8-4-5-9-28(25)31/h1-21H,(H,30,32). The minimum atomic E-state index is -3.75. The molecule has 1 heterocycles. The fourth-order valence-corrected chi connectivity index (χ4v) is 5.22. The molecule has 0 spiro atoms. The normalized spacial score (nSPS) is 11.7. The molecule has 5 rings (SSSR count). The minimum Gasteiger partial charge on any atom is -0.323 e. The largest absolute Gasteiger partial charge is 0.323 e. The molecule has 0 saturated carbocycles. The molecule has 0 fully saturated rings. The zero-order valence-electron chi connectivity index (χ0n) is 18.7. The van der Waals surface area contributed by atoms with E-state index >= 15 is 0 Å². The summed E-state index contributed by atoms with van der Waals surface area (Å²) in [6, 6.07) is 33.2. The number of hydrogen-bond acceptors (Lipinski definition) is 3. The van der Waals surface area contributed by atoms with Crippen LogP contribution >= 0.6 is 0 Å². The highest BCUT2D eigenvalue weighted by Gasteiger charge is 2.18. The monoisotopic (exact) mass is 478 g/mol. The van der Waals surface area contributed by atoms with Crippen LogP contribution in [0.3, 0.4) is 0 Å². The number of amides is 1. The summed E-state index contributed by atoms with van der Waals surface area (Å²) in [6.45, 7) is 0. The van der Waals surface area contributed by atoms with Gasteiger partial charge in [0.15, 0.2) is 0 Å². The zero-order valence-corrected chi connectivity index (χ0v) is 19.5. The van der Waals surface area contributed by atoms with Crippen molar-refractivity contribution in [2.75, 3.05) is 5.32 Å². The van der Waals surface area contributed by atoms with E-state index in [1.807, 2.05) is 54.6 Å². The van der Waals surface area contributed by atoms with Crippen LogP contribution in [0.2, 0.25) is 0 Å². The van der Waals surface area contributed by atoms with Crippen molar-refractivity contribution in [1.82, 2.24) is 3.97 Å². The molecule has 35 heavy (non-hydrogen) atoms. The predicted octanol–water partition coefficient (Wildman–Crippen LogP) is 6.20. The van der Waals surface area contributed by atoms with E-state index < -0.39 is 10.0 Å². The molecule has 0 radical (unpaired) electrons. The van der Waals surface area contributed by atoms with Crippen molar-refractivity contribution in [3.63, 3.8) is 0 Å². The summed E-state index contributed by atoms with van der Waals surface area (Å²) in [5.74, 6) is -0.302. The van der Waals surface area contributed by atoms with E-state index in [0.717, 1.165) is 22.1 Å². The van der Waals surface area contributed by atoms with Gasteiger partial charge in [0.25, 0.3) is 10.0 Å². The Bertz CT molecular complexity index is 1620. The van der Waals surface area contributed by atoms with Crippen molar-refractivity contribution in [2.45, 2.75) is 4.90 Å². The van der Waals surface area contributed by atoms with Crippen LogP contribution in [0.4, 0.5) is 5.69 Å². The second-order valence-electron chi connectivity index (χ2n) is 8.01. The van der Waals surface area contributed by atoms with Gasteiger partial charge in [-0.05, 0) is 59.2 Å². The number of fused-ring (bicyclic) bond motifs is 1. The first-order valence-electron chi connectivity index (χ1n) is 11.1. The van der Waals surface area contributed by atoms with Crippen molar-refractivity contribution in [2.24, 2.45) is 0 Å². The summed E-state index contributed by atoms with van der Waals surface area (Å²) in [7, 11) is -3.75. The molecule has 0 unspecified atom stereocenters. The van der Waals surface area contributed by atoms with Crippen molar-refractivity contribution < 1.29 is 13.2 Å². The molecule has 0 aliphatic rings. The molecule has 4 aromatic carbocycles. The van der Waals surface area contributed by atoms with Crippen molar-refractivity contribution in [1.29, 1.82) is 0 Å². The maximum absolute atomic E-state index is 13.1. The second-order valence-corrected chi connectivity index (χ2v) is 9.83. The van der Waals surface area contributed by atoms with Gasteiger partial charge in [-0.15, -0.1) is 0 Å². The summed E-state index contributed by atoms with van der Waals surface area (Å²) >= 11 is 0. The average Bonchev–Trinajstić information content (AvgIpc) is 3.34. The lowest BCUT2D eigenvalue weighted by Crippen LogP contribution is -2.12. The fourth-order valence-electron chi connectivity index (χ4n) is 3.86. The van der Waals surface area contributed by atoms with Crippen LogP contribution in [0.1, 0.15) is 5.56 Å². The van der Waals surface area contributed by atoms with Gasteiger partial charge in [-0.25, -0.2) is 12.4 Å². The Morgan fingerprint density at radius 1 is 0.714 bits per heavy atom. The zero-order chi connectivity index (χ0) is 24.3. The molecule has 0 bridgehead atoms. The van der Waals surface area contributed by atoms with Crippen LogP contribution in [0, 0.1) is 0 Å². The highest BCUT2D eigenvalue weighted by atomic mass is 32.2. The number of anilines is 1. The number of para-hydroxylation sites is 1. The molecule has 0 aliphatic heterocycles. The molecule has 1 amide bonds. The van der Waals surface area contributed by atoms with Crippen LogP contribution in [-0.2, 0) is 14.8 Å². The molecular weight excluding hydrogens is 456 g/mol. The Morgan fingerprint density at radius 3 is 2.11 bits per heavy atom. The Balaban J connectivity index is 1.25. The molecule has 0 aliphatic carbocycles. The third-order valence-corrected chi connectivity index (χ3v) is 7.39. The lowest BCUT2D eigenvalue weighted by Gasteiger charge is -2.09. The van der Waals surface area contributed by atoms with Crippen molar-refractivity contribution in [3.05, 3.63) is 127 Å². The third-order valence-electron chi connectivity index (χ3n) is 5.69. The lowest BCUT2D eigenvalue weighted by molar-refractivity contribution is -0.111. The van der Waals surface area contributed by atoms with Gasteiger partial charge in [0.1, 0.15) is 0 Å². The maximum Gasteiger partial charge on any atom is 0.268 e. The first-order chi connectivity index (χ1) is 17.0. The second kappa shape index (κ2) is 9.44. The van der Waals surface area contributed by atoms with Crippen LogP contribution in [0.5, 0.6) is 0 Å². The maximum atomic E-state index is 13.1. The number of nitrogens with zero attached hydrogens (tertiary/aromatic N) is 1. The quantitative estimate of drug-likeness (QED) is 0.296. The first-order valence-corrected chi connectivity index (χ1v) is 12.5. The van der Waals surface area contributed by atoms with E-state index in [9.17, 15) is 13.2 Å². The van der Waals surface area contributed by atoms with E-state index in [0.29, 0.717) is 11.2 Å². The minimum absolute atomic E-state index is 0.144. The summed E-state index contributed by atoms with van der Waals surface area (Å²) in [5.41, 5.74) is 4.27. The Kier molecular flexibility index (Phi) is 6.04. The molecule has 172 valence electrons. The van der Waals surface area contributed by atoms with E-state index in [1.54, 1.807) is 42.6 Å². The Hall–Kier alpha value is -4.42. The van der Waals surface area contributed by atoms with Gasteiger partial charge in [-0.1, -0.05) is 72.8 Å². The van der Waals surface area contributed by atoms with Gasteiger partial charge in [0, 0.05) is 23.3 Å². The van der Waals surface area contributed by atoms with Crippen LogP contribution < -0.4 is 5.32 Å². The summed E-state index contributed by atoms with van der Waals surface area (Å²) in [5, 5.41) is 3.61. The number of rotatable bonds is 6. The molecule has 5 aromatic rings. The smallest absolute Gasteiger partial charge is 0.268 e. The molecule has 1 N–H and O–H groups in total. The molecule has 0 saturated heterocycles. The van der Waals surface area contributed by atoms with Crippen LogP contribution in [0.25, 0.3) is 28.1 Å². The summed E-state index contributed by atoms with van der Waals surface area (Å²) in [6.07, 6.45) is 4.74. The highest BCUT2D eigenvalue weighted by molar-refractivity contribution is 7.90. The Morgan fingerprint density at radius 2 is 1.37 bits per heavy atom. The van der Waals surface area contributed by atoms with Gasteiger partial charge < -0.3 is 5.32 Å². The molecular formula is C29H22N2O3S. The molecule has 5 nitrogen and oxygen atoms in total.